The summed E-state index contributed by atoms with van der Waals surface area (Å²) < 4.78 is 0. The zero-order chi connectivity index (χ0) is 13.8. The molecule has 2 aromatic carbocycles. The van der Waals surface area contributed by atoms with Crippen LogP contribution in [0.3, 0.4) is 0 Å². The maximum absolute atomic E-state index is 5.99. The van der Waals surface area contributed by atoms with Gasteiger partial charge in [0.25, 0.3) is 0 Å². The highest BCUT2D eigenvalue weighted by Crippen LogP contribution is 2.18. The van der Waals surface area contributed by atoms with E-state index in [1.807, 2.05) is 18.2 Å². The first-order chi connectivity index (χ1) is 9.06. The maximum atomic E-state index is 5.99. The fraction of sp³-hybridized carbons (Fsp3) is 0.294. The third-order valence-corrected chi connectivity index (χ3v) is 3.77. The summed E-state index contributed by atoms with van der Waals surface area (Å²) in [5, 5.41) is 4.32. The second-order valence-corrected chi connectivity index (χ2v) is 5.51. The Balaban J connectivity index is 2.01. The molecular weight excluding hydrogens is 254 g/mol. The summed E-state index contributed by atoms with van der Waals surface area (Å²) in [4.78, 5) is 0. The monoisotopic (exact) mass is 273 g/mol. The van der Waals surface area contributed by atoms with Gasteiger partial charge in [0.2, 0.25) is 0 Å². The zero-order valence-electron chi connectivity index (χ0n) is 11.7. The normalized spacial score (nSPS) is 12.4. The Kier molecular flexibility index (Phi) is 4.62. The number of halogens is 1. The molecule has 2 heteroatoms. The minimum absolute atomic E-state index is 0.332. The van der Waals surface area contributed by atoms with Gasteiger partial charge in [-0.3, -0.25) is 0 Å². The highest BCUT2D eigenvalue weighted by atomic mass is 35.5. The summed E-state index contributed by atoms with van der Waals surface area (Å²) in [5.41, 5.74) is 5.22. The second kappa shape index (κ2) is 6.23. The van der Waals surface area contributed by atoms with E-state index in [1.165, 1.54) is 22.3 Å². The summed E-state index contributed by atoms with van der Waals surface area (Å²) in [6.45, 7) is 7.31. The van der Waals surface area contributed by atoms with Gasteiger partial charge in [0, 0.05) is 17.6 Å². The van der Waals surface area contributed by atoms with Crippen LogP contribution in [0.1, 0.15) is 35.2 Å². The summed E-state index contributed by atoms with van der Waals surface area (Å²) in [7, 11) is 0. The Labute approximate surface area is 120 Å². The minimum Gasteiger partial charge on any atom is -0.306 e. The van der Waals surface area contributed by atoms with Crippen LogP contribution in [0.25, 0.3) is 0 Å². The number of aryl methyl sites for hydroxylation is 2. The number of nitrogens with one attached hydrogen (secondary N) is 1. The summed E-state index contributed by atoms with van der Waals surface area (Å²) >= 11 is 5.99. The molecule has 0 aliphatic carbocycles. The van der Waals surface area contributed by atoms with Crippen molar-refractivity contribution in [2.24, 2.45) is 0 Å². The maximum Gasteiger partial charge on any atom is 0.0409 e. The number of hydrogen-bond acceptors (Lipinski definition) is 1. The smallest absolute Gasteiger partial charge is 0.0409 e. The number of rotatable bonds is 4. The van der Waals surface area contributed by atoms with Crippen LogP contribution in [0, 0.1) is 13.8 Å². The molecule has 0 aromatic heterocycles. The standard InChI is InChI=1S/C17H20ClN/c1-12-7-8-16(9-13(12)2)14(3)19-11-15-5-4-6-17(18)10-15/h4-10,14,19H,11H2,1-3H3. The van der Waals surface area contributed by atoms with Crippen LogP contribution < -0.4 is 5.32 Å². The Morgan fingerprint density at radius 2 is 1.84 bits per heavy atom. The molecule has 1 N–H and O–H groups in total. The average Bonchev–Trinajstić information content (AvgIpc) is 2.39. The lowest BCUT2D eigenvalue weighted by Crippen LogP contribution is -2.18. The quantitative estimate of drug-likeness (QED) is 0.843. The third-order valence-electron chi connectivity index (χ3n) is 3.53. The molecule has 0 heterocycles. The van der Waals surface area contributed by atoms with E-state index in [-0.39, 0.29) is 0 Å². The summed E-state index contributed by atoms with van der Waals surface area (Å²) in [5.74, 6) is 0. The van der Waals surface area contributed by atoms with Gasteiger partial charge in [0.05, 0.1) is 0 Å². The van der Waals surface area contributed by atoms with E-state index in [4.69, 9.17) is 11.6 Å². The van der Waals surface area contributed by atoms with Gasteiger partial charge in [-0.15, -0.1) is 0 Å². The van der Waals surface area contributed by atoms with Crippen LogP contribution in [0.15, 0.2) is 42.5 Å². The van der Waals surface area contributed by atoms with Gasteiger partial charge in [0.1, 0.15) is 0 Å². The van der Waals surface area contributed by atoms with Crippen molar-refractivity contribution in [1.29, 1.82) is 0 Å². The van der Waals surface area contributed by atoms with Crippen molar-refractivity contribution in [3.05, 3.63) is 69.7 Å². The van der Waals surface area contributed by atoms with E-state index in [0.717, 1.165) is 11.6 Å². The predicted octanol–water partition coefficient (Wildman–Crippen LogP) is 4.81. The van der Waals surface area contributed by atoms with E-state index in [9.17, 15) is 0 Å². The second-order valence-electron chi connectivity index (χ2n) is 5.08. The number of hydrogen-bond donors (Lipinski definition) is 1. The van der Waals surface area contributed by atoms with Gasteiger partial charge < -0.3 is 5.32 Å². The van der Waals surface area contributed by atoms with Crippen molar-refractivity contribution in [2.75, 3.05) is 0 Å². The van der Waals surface area contributed by atoms with Crippen LogP contribution in [0.2, 0.25) is 5.02 Å². The molecule has 0 saturated heterocycles. The van der Waals surface area contributed by atoms with Gasteiger partial charge in [-0.1, -0.05) is 41.9 Å². The molecule has 0 bridgehead atoms. The first-order valence-corrected chi connectivity index (χ1v) is 6.99. The Hall–Kier alpha value is -1.31. The molecule has 19 heavy (non-hydrogen) atoms. The van der Waals surface area contributed by atoms with Crippen LogP contribution in [0.4, 0.5) is 0 Å². The van der Waals surface area contributed by atoms with Crippen molar-refractivity contribution in [2.45, 2.75) is 33.4 Å². The van der Waals surface area contributed by atoms with Gasteiger partial charge in [-0.2, -0.15) is 0 Å². The lowest BCUT2D eigenvalue weighted by molar-refractivity contribution is 0.574. The molecule has 100 valence electrons. The van der Waals surface area contributed by atoms with Crippen LogP contribution in [0.5, 0.6) is 0 Å². The Morgan fingerprint density at radius 1 is 1.05 bits per heavy atom. The average molecular weight is 274 g/mol. The lowest BCUT2D eigenvalue weighted by atomic mass is 10.0. The first kappa shape index (κ1) is 14.1. The molecule has 2 aromatic rings. The zero-order valence-corrected chi connectivity index (χ0v) is 12.5. The van der Waals surface area contributed by atoms with E-state index in [0.29, 0.717) is 6.04 Å². The van der Waals surface area contributed by atoms with Crippen molar-refractivity contribution < 1.29 is 0 Å². The first-order valence-electron chi connectivity index (χ1n) is 6.61. The Bertz CT molecular complexity index is 563. The highest BCUT2D eigenvalue weighted by molar-refractivity contribution is 6.30. The Morgan fingerprint density at radius 3 is 2.53 bits per heavy atom. The molecule has 0 amide bonds. The van der Waals surface area contributed by atoms with E-state index in [1.54, 1.807) is 0 Å². The van der Waals surface area contributed by atoms with E-state index < -0.39 is 0 Å². The molecular formula is C17H20ClN. The van der Waals surface area contributed by atoms with Crippen molar-refractivity contribution in [3.63, 3.8) is 0 Å². The lowest BCUT2D eigenvalue weighted by Gasteiger charge is -2.16. The van der Waals surface area contributed by atoms with Crippen molar-refractivity contribution in [3.8, 4) is 0 Å². The number of benzene rings is 2. The third kappa shape index (κ3) is 3.82. The SMILES string of the molecule is Cc1ccc(C(C)NCc2cccc(Cl)c2)cc1C. The van der Waals surface area contributed by atoms with Crippen LogP contribution in [-0.2, 0) is 6.54 Å². The topological polar surface area (TPSA) is 12.0 Å². The summed E-state index contributed by atoms with van der Waals surface area (Å²) in [6, 6.07) is 14.9. The van der Waals surface area contributed by atoms with Crippen molar-refractivity contribution >= 4 is 11.6 Å². The van der Waals surface area contributed by atoms with Crippen molar-refractivity contribution in [1.82, 2.24) is 5.32 Å². The van der Waals surface area contributed by atoms with Crippen LogP contribution >= 0.6 is 11.6 Å². The van der Waals surface area contributed by atoms with E-state index in [2.05, 4.69) is 50.4 Å². The molecule has 1 unspecified atom stereocenters. The molecule has 0 radical (unpaired) electrons. The van der Waals surface area contributed by atoms with Gasteiger partial charge in [-0.25, -0.2) is 0 Å². The molecule has 0 aliphatic heterocycles. The van der Waals surface area contributed by atoms with Gasteiger partial charge in [-0.05, 0) is 55.2 Å². The molecule has 0 aliphatic rings. The molecule has 2 rings (SSSR count). The van der Waals surface area contributed by atoms with Gasteiger partial charge in [0.15, 0.2) is 0 Å². The molecule has 1 atom stereocenters. The largest absolute Gasteiger partial charge is 0.306 e. The fourth-order valence-corrected chi connectivity index (χ4v) is 2.28. The molecule has 0 spiro atoms. The molecule has 1 nitrogen and oxygen atoms in total. The van der Waals surface area contributed by atoms with Crippen LogP contribution in [-0.4, -0.2) is 0 Å². The van der Waals surface area contributed by atoms with E-state index >= 15 is 0 Å². The van der Waals surface area contributed by atoms with Gasteiger partial charge >= 0.3 is 0 Å². The minimum atomic E-state index is 0.332. The highest BCUT2D eigenvalue weighted by Gasteiger charge is 2.06. The molecule has 0 saturated carbocycles. The predicted molar refractivity (Wildman–Crippen MR) is 82.6 cm³/mol. The summed E-state index contributed by atoms with van der Waals surface area (Å²) in [6.07, 6.45) is 0. The fourth-order valence-electron chi connectivity index (χ4n) is 2.07. The molecule has 0 fully saturated rings.